The molecule has 1 heterocycles. The number of hydrogen-bond donors (Lipinski definition) is 2. The summed E-state index contributed by atoms with van der Waals surface area (Å²) in [7, 11) is 0. The summed E-state index contributed by atoms with van der Waals surface area (Å²) in [5.41, 5.74) is 6.74. The smallest absolute Gasteiger partial charge is 0.224 e. The van der Waals surface area contributed by atoms with Crippen molar-refractivity contribution in [3.63, 3.8) is 0 Å². The third-order valence-electron chi connectivity index (χ3n) is 4.94. The van der Waals surface area contributed by atoms with Gasteiger partial charge in [0.05, 0.1) is 5.92 Å². The summed E-state index contributed by atoms with van der Waals surface area (Å²) in [6.07, 6.45) is 4.29. The van der Waals surface area contributed by atoms with Gasteiger partial charge in [0, 0.05) is 25.7 Å². The number of hydrogen-bond acceptors (Lipinski definition) is 3. The number of benzene rings is 1. The first-order chi connectivity index (χ1) is 11.2. The van der Waals surface area contributed by atoms with Gasteiger partial charge < -0.3 is 11.1 Å². The number of carbonyl (C=O) groups is 1. The van der Waals surface area contributed by atoms with Crippen LogP contribution in [0.2, 0.25) is 0 Å². The maximum absolute atomic E-state index is 13.3. The number of nitrogens with one attached hydrogen (secondary N) is 1. The predicted octanol–water partition coefficient (Wildman–Crippen LogP) is 1.89. The molecule has 2 unspecified atom stereocenters. The van der Waals surface area contributed by atoms with Crippen LogP contribution in [-0.4, -0.2) is 36.5 Å². The Bertz CT molecular complexity index is 547. The molecule has 1 aromatic carbocycles. The van der Waals surface area contributed by atoms with Crippen molar-refractivity contribution in [1.82, 2.24) is 10.2 Å². The van der Waals surface area contributed by atoms with Gasteiger partial charge in [-0.15, -0.1) is 0 Å². The zero-order chi connectivity index (χ0) is 16.2. The van der Waals surface area contributed by atoms with Crippen LogP contribution >= 0.6 is 0 Å². The molecule has 2 fully saturated rings. The molecule has 1 saturated carbocycles. The third-order valence-corrected chi connectivity index (χ3v) is 4.94. The third kappa shape index (κ3) is 4.52. The maximum atomic E-state index is 13.3. The van der Waals surface area contributed by atoms with Crippen LogP contribution in [0, 0.1) is 17.7 Å². The van der Waals surface area contributed by atoms with Gasteiger partial charge in [-0.2, -0.15) is 0 Å². The Morgan fingerprint density at radius 1 is 1.39 bits per heavy atom. The highest BCUT2D eigenvalue weighted by molar-refractivity contribution is 5.79. The molecule has 23 heavy (non-hydrogen) atoms. The molecule has 1 amide bonds. The van der Waals surface area contributed by atoms with Crippen LogP contribution in [0.25, 0.3) is 0 Å². The molecule has 0 radical (unpaired) electrons. The number of halogens is 1. The van der Waals surface area contributed by atoms with Crippen LogP contribution in [0.1, 0.15) is 31.2 Å². The summed E-state index contributed by atoms with van der Waals surface area (Å²) in [5.74, 6) is 0.529. The van der Waals surface area contributed by atoms with Crippen molar-refractivity contribution in [2.24, 2.45) is 17.6 Å². The highest BCUT2D eigenvalue weighted by atomic mass is 19.1. The second-order valence-electron chi connectivity index (χ2n) is 6.89. The van der Waals surface area contributed by atoms with E-state index < -0.39 is 0 Å². The van der Waals surface area contributed by atoms with E-state index in [1.54, 1.807) is 12.1 Å². The highest BCUT2D eigenvalue weighted by Crippen LogP contribution is 2.32. The van der Waals surface area contributed by atoms with E-state index >= 15 is 0 Å². The first-order valence-electron chi connectivity index (χ1n) is 8.63. The van der Waals surface area contributed by atoms with Crippen LogP contribution in [0.3, 0.4) is 0 Å². The molecular weight excluding hydrogens is 293 g/mol. The van der Waals surface area contributed by atoms with Gasteiger partial charge in [0.25, 0.3) is 0 Å². The SMILES string of the molecule is NCC(NC(=O)C1CCCN(Cc2cccc(F)c2)C1)C1CC1. The van der Waals surface area contributed by atoms with Gasteiger partial charge >= 0.3 is 0 Å². The molecule has 4 nitrogen and oxygen atoms in total. The van der Waals surface area contributed by atoms with Crippen molar-refractivity contribution in [3.8, 4) is 0 Å². The summed E-state index contributed by atoms with van der Waals surface area (Å²) in [6.45, 7) is 2.92. The van der Waals surface area contributed by atoms with Crippen LogP contribution in [0.5, 0.6) is 0 Å². The van der Waals surface area contributed by atoms with Crippen LogP contribution in [-0.2, 0) is 11.3 Å². The van der Waals surface area contributed by atoms with Crippen molar-refractivity contribution < 1.29 is 9.18 Å². The lowest BCUT2D eigenvalue weighted by Gasteiger charge is -2.33. The Morgan fingerprint density at radius 2 is 2.22 bits per heavy atom. The predicted molar refractivity (Wildman–Crippen MR) is 88.1 cm³/mol. The second-order valence-corrected chi connectivity index (χ2v) is 6.89. The number of likely N-dealkylation sites (tertiary alicyclic amines) is 1. The Hall–Kier alpha value is -1.46. The molecule has 5 heteroatoms. The highest BCUT2D eigenvalue weighted by Gasteiger charge is 2.33. The monoisotopic (exact) mass is 319 g/mol. The van der Waals surface area contributed by atoms with E-state index in [0.29, 0.717) is 19.0 Å². The van der Waals surface area contributed by atoms with E-state index in [-0.39, 0.29) is 23.7 Å². The Balaban J connectivity index is 1.53. The molecule has 1 saturated heterocycles. The second kappa shape index (κ2) is 7.41. The minimum atomic E-state index is -0.205. The molecule has 126 valence electrons. The Kier molecular flexibility index (Phi) is 5.28. The molecule has 1 aromatic rings. The number of nitrogens with two attached hydrogens (primary N) is 1. The normalized spacial score (nSPS) is 23.5. The first-order valence-corrected chi connectivity index (χ1v) is 8.63. The number of piperidine rings is 1. The van der Waals surface area contributed by atoms with Gasteiger partial charge in [-0.05, 0) is 55.8 Å². The molecule has 0 bridgehead atoms. The van der Waals surface area contributed by atoms with Crippen molar-refractivity contribution in [2.45, 2.75) is 38.3 Å². The van der Waals surface area contributed by atoms with Gasteiger partial charge in [0.15, 0.2) is 0 Å². The van der Waals surface area contributed by atoms with E-state index in [9.17, 15) is 9.18 Å². The minimum Gasteiger partial charge on any atom is -0.352 e. The molecule has 0 spiro atoms. The fraction of sp³-hybridized carbons (Fsp3) is 0.611. The van der Waals surface area contributed by atoms with E-state index in [1.165, 1.54) is 18.9 Å². The summed E-state index contributed by atoms with van der Waals surface area (Å²) in [6, 6.07) is 6.84. The summed E-state index contributed by atoms with van der Waals surface area (Å²) >= 11 is 0. The molecule has 1 aliphatic carbocycles. The van der Waals surface area contributed by atoms with Gasteiger partial charge in [-0.3, -0.25) is 9.69 Å². The molecule has 2 atom stereocenters. The average Bonchev–Trinajstić information content (AvgIpc) is 3.37. The van der Waals surface area contributed by atoms with Crippen molar-refractivity contribution in [2.75, 3.05) is 19.6 Å². The van der Waals surface area contributed by atoms with Crippen molar-refractivity contribution in [1.29, 1.82) is 0 Å². The molecule has 1 aliphatic heterocycles. The van der Waals surface area contributed by atoms with Gasteiger partial charge in [-0.25, -0.2) is 4.39 Å². The first kappa shape index (κ1) is 16.4. The van der Waals surface area contributed by atoms with E-state index in [1.807, 2.05) is 6.07 Å². The van der Waals surface area contributed by atoms with Crippen molar-refractivity contribution in [3.05, 3.63) is 35.6 Å². The fourth-order valence-electron chi connectivity index (χ4n) is 3.48. The quantitative estimate of drug-likeness (QED) is 0.842. The fourth-order valence-corrected chi connectivity index (χ4v) is 3.48. The molecule has 2 aliphatic rings. The molecule has 3 rings (SSSR count). The van der Waals surface area contributed by atoms with Gasteiger partial charge in [0.1, 0.15) is 5.82 Å². The topological polar surface area (TPSA) is 58.4 Å². The van der Waals surface area contributed by atoms with Gasteiger partial charge in [-0.1, -0.05) is 12.1 Å². The van der Waals surface area contributed by atoms with E-state index in [0.717, 1.165) is 31.5 Å². The maximum Gasteiger partial charge on any atom is 0.224 e. The average molecular weight is 319 g/mol. The zero-order valence-electron chi connectivity index (χ0n) is 13.5. The van der Waals surface area contributed by atoms with Crippen molar-refractivity contribution >= 4 is 5.91 Å². The largest absolute Gasteiger partial charge is 0.352 e. The number of carbonyl (C=O) groups excluding carboxylic acids is 1. The minimum absolute atomic E-state index is 0.0186. The Morgan fingerprint density at radius 3 is 2.91 bits per heavy atom. The van der Waals surface area contributed by atoms with Gasteiger partial charge in [0.2, 0.25) is 5.91 Å². The molecular formula is C18H26FN3O. The summed E-state index contributed by atoms with van der Waals surface area (Å²) in [4.78, 5) is 14.7. The Labute approximate surface area is 137 Å². The standard InChI is InChI=1S/C18H26FN3O/c19-16-5-1-3-13(9-16)11-22-8-2-4-15(12-22)18(23)21-17(10-20)14-6-7-14/h1,3,5,9,14-15,17H,2,4,6-8,10-12,20H2,(H,21,23). The molecule has 0 aromatic heterocycles. The van der Waals surface area contributed by atoms with Crippen LogP contribution in [0.4, 0.5) is 4.39 Å². The number of rotatable bonds is 6. The number of nitrogens with zero attached hydrogens (tertiary/aromatic N) is 1. The van der Waals surface area contributed by atoms with E-state index in [4.69, 9.17) is 5.73 Å². The molecule has 3 N–H and O–H groups in total. The number of amides is 1. The van der Waals surface area contributed by atoms with Crippen LogP contribution in [0.15, 0.2) is 24.3 Å². The summed E-state index contributed by atoms with van der Waals surface area (Å²) < 4.78 is 13.3. The summed E-state index contributed by atoms with van der Waals surface area (Å²) in [5, 5.41) is 3.14. The zero-order valence-corrected chi connectivity index (χ0v) is 13.5. The lowest BCUT2D eigenvalue weighted by Crippen LogP contribution is -2.48. The lowest BCUT2D eigenvalue weighted by molar-refractivity contribution is -0.127. The van der Waals surface area contributed by atoms with E-state index in [2.05, 4.69) is 10.2 Å². The lowest BCUT2D eigenvalue weighted by atomic mass is 9.96. The van der Waals surface area contributed by atoms with Crippen LogP contribution < -0.4 is 11.1 Å².